The van der Waals surface area contributed by atoms with Crippen LogP contribution in [0.4, 0.5) is 0 Å². The molecule has 0 radical (unpaired) electrons. The van der Waals surface area contributed by atoms with Crippen LogP contribution in [0.1, 0.15) is 47.0 Å². The molecule has 0 saturated heterocycles. The Balaban J connectivity index is 1.79. The van der Waals surface area contributed by atoms with Crippen LogP contribution in [-0.2, 0) is 0 Å². The molecule has 3 aromatic rings. The average molecular weight is 389 g/mol. The molecule has 4 nitrogen and oxygen atoms in total. The molecule has 0 aromatic heterocycles. The minimum absolute atomic E-state index is 0.0200. The van der Waals surface area contributed by atoms with Crippen molar-refractivity contribution in [2.24, 2.45) is 0 Å². The van der Waals surface area contributed by atoms with Gasteiger partial charge in [-0.25, -0.2) is 0 Å². The van der Waals surface area contributed by atoms with Crippen molar-refractivity contribution < 1.29 is 14.6 Å². The molecule has 0 aliphatic carbocycles. The van der Waals surface area contributed by atoms with E-state index < -0.39 is 6.10 Å². The van der Waals surface area contributed by atoms with Gasteiger partial charge >= 0.3 is 0 Å². The molecule has 0 heterocycles. The van der Waals surface area contributed by atoms with Crippen LogP contribution in [0.5, 0.6) is 5.75 Å². The molecular formula is C25H27NO3. The molecule has 0 amide bonds. The van der Waals surface area contributed by atoms with Gasteiger partial charge in [0.1, 0.15) is 5.75 Å². The minimum Gasteiger partial charge on any atom is -0.497 e. The lowest BCUT2D eigenvalue weighted by molar-refractivity contribution is 0.0945. The fourth-order valence-electron chi connectivity index (χ4n) is 3.41. The number of carbonyl (C=O) groups excluding carboxylic acids is 1. The highest BCUT2D eigenvalue weighted by atomic mass is 16.5. The van der Waals surface area contributed by atoms with Crippen molar-refractivity contribution in [1.82, 2.24) is 5.32 Å². The van der Waals surface area contributed by atoms with Crippen LogP contribution < -0.4 is 10.1 Å². The summed E-state index contributed by atoms with van der Waals surface area (Å²) < 4.78 is 5.24. The quantitative estimate of drug-likeness (QED) is 0.520. The van der Waals surface area contributed by atoms with Gasteiger partial charge in [0.25, 0.3) is 0 Å². The third-order valence-corrected chi connectivity index (χ3v) is 5.06. The van der Waals surface area contributed by atoms with E-state index in [1.807, 2.05) is 79.7 Å². The molecule has 2 N–H and O–H groups in total. The van der Waals surface area contributed by atoms with Crippen molar-refractivity contribution in [3.8, 4) is 5.75 Å². The fourth-order valence-corrected chi connectivity index (χ4v) is 3.41. The molecule has 0 spiro atoms. The molecule has 3 aromatic carbocycles. The average Bonchev–Trinajstić information content (AvgIpc) is 2.79. The number of ether oxygens (including phenoxy) is 1. The highest BCUT2D eigenvalue weighted by molar-refractivity contribution is 5.96. The van der Waals surface area contributed by atoms with Gasteiger partial charge in [-0.15, -0.1) is 0 Å². The Bertz CT molecular complexity index is 912. The van der Waals surface area contributed by atoms with E-state index in [0.29, 0.717) is 11.3 Å². The Morgan fingerprint density at radius 3 is 2.17 bits per heavy atom. The number of methoxy groups -OCH3 is 1. The van der Waals surface area contributed by atoms with Crippen LogP contribution in [0.15, 0.2) is 84.9 Å². The van der Waals surface area contributed by atoms with Crippen molar-refractivity contribution in [1.29, 1.82) is 0 Å². The Morgan fingerprint density at radius 2 is 1.55 bits per heavy atom. The summed E-state index contributed by atoms with van der Waals surface area (Å²) in [5, 5.41) is 14.2. The topological polar surface area (TPSA) is 58.6 Å². The summed E-state index contributed by atoms with van der Waals surface area (Å²) in [7, 11) is 1.59. The number of hydrogen-bond acceptors (Lipinski definition) is 4. The number of aliphatic hydroxyl groups is 1. The smallest absolute Gasteiger partial charge is 0.164 e. The first kappa shape index (κ1) is 20.8. The Kier molecular flexibility index (Phi) is 7.17. The van der Waals surface area contributed by atoms with E-state index >= 15 is 0 Å². The van der Waals surface area contributed by atoms with Gasteiger partial charge in [-0.2, -0.15) is 0 Å². The maximum Gasteiger partial charge on any atom is 0.164 e. The lowest BCUT2D eigenvalue weighted by Crippen LogP contribution is -2.36. The Morgan fingerprint density at radius 1 is 0.931 bits per heavy atom. The van der Waals surface area contributed by atoms with Gasteiger partial charge in [-0.05, 0) is 30.2 Å². The molecule has 0 aliphatic rings. The number of rotatable bonds is 9. The number of hydrogen-bond donors (Lipinski definition) is 2. The van der Waals surface area contributed by atoms with Crippen LogP contribution in [0.3, 0.4) is 0 Å². The van der Waals surface area contributed by atoms with Gasteiger partial charge in [-0.3, -0.25) is 4.79 Å². The minimum atomic E-state index is -0.672. The van der Waals surface area contributed by atoms with Gasteiger partial charge in [0.2, 0.25) is 0 Å². The summed E-state index contributed by atoms with van der Waals surface area (Å²) in [6.07, 6.45) is -0.391. The number of nitrogens with one attached hydrogen (secondary N) is 1. The number of Topliss-reactive ketones (excluding diaryl/α,β-unsaturated/α-hetero) is 1. The summed E-state index contributed by atoms with van der Waals surface area (Å²) in [5.74, 6) is 0.680. The van der Waals surface area contributed by atoms with Gasteiger partial charge in [0, 0.05) is 24.1 Å². The molecule has 150 valence electrons. The maximum absolute atomic E-state index is 13.0. The maximum atomic E-state index is 13.0. The molecule has 29 heavy (non-hydrogen) atoms. The number of ketones is 1. The number of benzene rings is 3. The number of carbonyl (C=O) groups is 1. The predicted molar refractivity (Wildman–Crippen MR) is 115 cm³/mol. The first-order chi connectivity index (χ1) is 14.1. The van der Waals surface area contributed by atoms with E-state index in [0.717, 1.165) is 11.1 Å². The fraction of sp³-hybridized carbons (Fsp3) is 0.240. The van der Waals surface area contributed by atoms with Gasteiger partial charge in [-0.1, -0.05) is 72.8 Å². The molecule has 0 fully saturated rings. The lowest BCUT2D eigenvalue weighted by Gasteiger charge is -2.27. The van der Waals surface area contributed by atoms with Crippen molar-refractivity contribution in [3.63, 3.8) is 0 Å². The second kappa shape index (κ2) is 10.0. The summed E-state index contributed by atoms with van der Waals surface area (Å²) in [6, 6.07) is 26.2. The molecule has 0 bridgehead atoms. The molecule has 3 rings (SSSR count). The van der Waals surface area contributed by atoms with Crippen LogP contribution in [0, 0.1) is 0 Å². The molecule has 0 aliphatic heterocycles. The molecule has 3 atom stereocenters. The van der Waals surface area contributed by atoms with Crippen LogP contribution >= 0.6 is 0 Å². The number of aliphatic hydroxyl groups excluding tert-OH is 1. The highest BCUT2D eigenvalue weighted by Gasteiger charge is 2.23. The van der Waals surface area contributed by atoms with E-state index in [9.17, 15) is 9.90 Å². The monoisotopic (exact) mass is 389 g/mol. The van der Waals surface area contributed by atoms with E-state index in [4.69, 9.17) is 4.74 Å². The second-order valence-electron chi connectivity index (χ2n) is 7.13. The molecule has 0 saturated carbocycles. The first-order valence-electron chi connectivity index (χ1n) is 9.79. The summed E-state index contributed by atoms with van der Waals surface area (Å²) in [5.41, 5.74) is 2.47. The van der Waals surface area contributed by atoms with Crippen molar-refractivity contribution in [3.05, 3.63) is 102 Å². The standard InChI is InChI=1S/C25H27NO3/c1-18(25(28)20-12-7-4-8-13-20)26-23(19-10-5-3-6-11-19)17-24(27)21-14-9-15-22(16-21)29-2/h3-16,18,23,25-26,28H,17H2,1-2H3. The van der Waals surface area contributed by atoms with Gasteiger partial charge in [0.15, 0.2) is 5.78 Å². The summed E-state index contributed by atoms with van der Waals surface area (Å²) in [4.78, 5) is 13.0. The van der Waals surface area contributed by atoms with E-state index in [-0.39, 0.29) is 24.3 Å². The van der Waals surface area contributed by atoms with E-state index in [1.54, 1.807) is 19.2 Å². The van der Waals surface area contributed by atoms with E-state index in [1.165, 1.54) is 0 Å². The Labute approximate surface area is 172 Å². The molecular weight excluding hydrogens is 362 g/mol. The van der Waals surface area contributed by atoms with Crippen LogP contribution in [0.25, 0.3) is 0 Å². The predicted octanol–water partition coefficient (Wildman–Crippen LogP) is 4.72. The zero-order valence-electron chi connectivity index (χ0n) is 16.8. The van der Waals surface area contributed by atoms with Gasteiger partial charge in [0.05, 0.1) is 13.2 Å². The first-order valence-corrected chi connectivity index (χ1v) is 9.79. The lowest BCUT2D eigenvalue weighted by atomic mass is 9.95. The molecule has 3 unspecified atom stereocenters. The SMILES string of the molecule is COc1cccc(C(=O)CC(NC(C)C(O)c2ccccc2)c2ccccc2)c1. The molecule has 4 heteroatoms. The van der Waals surface area contributed by atoms with Crippen LogP contribution in [-0.4, -0.2) is 24.0 Å². The zero-order valence-corrected chi connectivity index (χ0v) is 16.8. The summed E-state index contributed by atoms with van der Waals surface area (Å²) >= 11 is 0. The van der Waals surface area contributed by atoms with E-state index in [2.05, 4.69) is 5.32 Å². The zero-order chi connectivity index (χ0) is 20.6. The third-order valence-electron chi connectivity index (χ3n) is 5.06. The van der Waals surface area contributed by atoms with Crippen molar-refractivity contribution >= 4 is 5.78 Å². The highest BCUT2D eigenvalue weighted by Crippen LogP contribution is 2.25. The van der Waals surface area contributed by atoms with Gasteiger partial charge < -0.3 is 15.2 Å². The normalized spacial score (nSPS) is 14.0. The third kappa shape index (κ3) is 5.53. The summed E-state index contributed by atoms with van der Waals surface area (Å²) in [6.45, 7) is 1.93. The van der Waals surface area contributed by atoms with Crippen molar-refractivity contribution in [2.45, 2.75) is 31.5 Å². The largest absolute Gasteiger partial charge is 0.497 e. The second-order valence-corrected chi connectivity index (χ2v) is 7.13. The van der Waals surface area contributed by atoms with Crippen LogP contribution in [0.2, 0.25) is 0 Å². The Hall–Kier alpha value is -2.95. The van der Waals surface area contributed by atoms with Crippen molar-refractivity contribution in [2.75, 3.05) is 7.11 Å².